The minimum absolute atomic E-state index is 0.622. The molecule has 0 saturated carbocycles. The molecule has 0 unspecified atom stereocenters. The lowest BCUT2D eigenvalue weighted by Crippen LogP contribution is -2.28. The molecule has 2 heterocycles. The SMILES string of the molecule is CC(C)(c1cc(-c2cccc(-c3cnccc3Cl)c2)c2ncccc2c1)S(C)(=O)=O. The fourth-order valence-corrected chi connectivity index (χ4v) is 4.18. The monoisotopic (exact) mass is 436 g/mol. The van der Waals surface area contributed by atoms with Crippen LogP contribution in [0.4, 0.5) is 0 Å². The summed E-state index contributed by atoms with van der Waals surface area (Å²) in [6.45, 7) is 3.46. The summed E-state index contributed by atoms with van der Waals surface area (Å²) >= 11 is 6.37. The Balaban J connectivity index is 1.98. The summed E-state index contributed by atoms with van der Waals surface area (Å²) in [7, 11) is -3.33. The number of hydrogen-bond acceptors (Lipinski definition) is 4. The van der Waals surface area contributed by atoms with Crippen LogP contribution in [0.25, 0.3) is 33.2 Å². The molecule has 0 aliphatic rings. The molecule has 0 saturated heterocycles. The van der Waals surface area contributed by atoms with Crippen LogP contribution in [0.1, 0.15) is 19.4 Å². The maximum atomic E-state index is 12.5. The Morgan fingerprint density at radius 3 is 2.33 bits per heavy atom. The second-order valence-corrected chi connectivity index (χ2v) is 10.8. The van der Waals surface area contributed by atoms with Gasteiger partial charge in [-0.05, 0) is 60.9 Å². The zero-order valence-electron chi connectivity index (χ0n) is 16.9. The lowest BCUT2D eigenvalue weighted by molar-refractivity contribution is 0.561. The van der Waals surface area contributed by atoms with Crippen LogP contribution in [-0.2, 0) is 14.6 Å². The van der Waals surface area contributed by atoms with Crippen molar-refractivity contribution >= 4 is 32.3 Å². The Bertz CT molecular complexity index is 1360. The molecule has 6 heteroatoms. The van der Waals surface area contributed by atoms with Crippen molar-refractivity contribution in [2.45, 2.75) is 18.6 Å². The quantitative estimate of drug-likeness (QED) is 0.399. The first kappa shape index (κ1) is 20.5. The second kappa shape index (κ2) is 7.49. The van der Waals surface area contributed by atoms with Crippen LogP contribution in [0.5, 0.6) is 0 Å². The molecule has 0 bridgehead atoms. The van der Waals surface area contributed by atoms with Crippen LogP contribution < -0.4 is 0 Å². The molecule has 0 fully saturated rings. The number of nitrogens with zero attached hydrogens (tertiary/aromatic N) is 2. The zero-order valence-corrected chi connectivity index (χ0v) is 18.5. The van der Waals surface area contributed by atoms with Crippen LogP contribution in [0.15, 0.2) is 73.2 Å². The van der Waals surface area contributed by atoms with E-state index in [-0.39, 0.29) is 0 Å². The molecule has 152 valence electrons. The van der Waals surface area contributed by atoms with Crippen molar-refractivity contribution in [1.29, 1.82) is 0 Å². The summed E-state index contributed by atoms with van der Waals surface area (Å²) in [5.74, 6) is 0. The molecule has 2 aromatic carbocycles. The first-order chi connectivity index (χ1) is 14.2. The van der Waals surface area contributed by atoms with Crippen LogP contribution >= 0.6 is 11.6 Å². The van der Waals surface area contributed by atoms with E-state index in [1.54, 1.807) is 38.5 Å². The summed E-state index contributed by atoms with van der Waals surface area (Å²) in [6, 6.07) is 17.4. The molecule has 0 aliphatic heterocycles. The molecule has 0 atom stereocenters. The molecule has 0 N–H and O–H groups in total. The van der Waals surface area contributed by atoms with Crippen LogP contribution in [-0.4, -0.2) is 24.6 Å². The fourth-order valence-electron chi connectivity index (χ4n) is 3.42. The standard InChI is InChI=1S/C24H21ClN2O2S/c1-24(2,30(3,28)29)19-13-18-8-5-10-27-23(18)20(14-19)16-6-4-7-17(12-16)21-15-26-11-9-22(21)25/h4-15H,1-3H3. The number of aromatic nitrogens is 2. The third kappa shape index (κ3) is 3.59. The number of halogens is 1. The van der Waals surface area contributed by atoms with Crippen LogP contribution in [0.3, 0.4) is 0 Å². The third-order valence-corrected chi connectivity index (χ3v) is 8.00. The van der Waals surface area contributed by atoms with E-state index in [0.29, 0.717) is 5.02 Å². The predicted octanol–water partition coefficient (Wildman–Crippen LogP) is 5.90. The Morgan fingerprint density at radius 2 is 1.63 bits per heavy atom. The van der Waals surface area contributed by atoms with E-state index in [0.717, 1.165) is 38.7 Å². The van der Waals surface area contributed by atoms with Gasteiger partial charge in [-0.2, -0.15) is 0 Å². The summed E-state index contributed by atoms with van der Waals surface area (Å²) in [5.41, 5.74) is 5.13. The minimum atomic E-state index is -3.33. The van der Waals surface area contributed by atoms with Gasteiger partial charge in [0.1, 0.15) is 0 Å². The van der Waals surface area contributed by atoms with Gasteiger partial charge in [0.25, 0.3) is 0 Å². The van der Waals surface area contributed by atoms with Crippen molar-refractivity contribution in [3.63, 3.8) is 0 Å². The highest BCUT2D eigenvalue weighted by Crippen LogP contribution is 2.37. The van der Waals surface area contributed by atoms with Gasteiger partial charge in [-0.15, -0.1) is 0 Å². The van der Waals surface area contributed by atoms with Crippen molar-refractivity contribution in [2.24, 2.45) is 0 Å². The highest BCUT2D eigenvalue weighted by molar-refractivity contribution is 7.91. The first-order valence-corrected chi connectivity index (χ1v) is 11.7. The fraction of sp³-hybridized carbons (Fsp3) is 0.167. The van der Waals surface area contributed by atoms with Gasteiger partial charge in [-0.25, -0.2) is 8.42 Å². The van der Waals surface area contributed by atoms with E-state index >= 15 is 0 Å². The number of rotatable bonds is 4. The van der Waals surface area contributed by atoms with Crippen molar-refractivity contribution in [1.82, 2.24) is 9.97 Å². The summed E-state index contributed by atoms with van der Waals surface area (Å²) < 4.78 is 23.9. The van der Waals surface area contributed by atoms with E-state index in [1.165, 1.54) is 6.26 Å². The maximum absolute atomic E-state index is 12.5. The highest BCUT2D eigenvalue weighted by atomic mass is 35.5. The normalized spacial score (nSPS) is 12.3. The topological polar surface area (TPSA) is 59.9 Å². The largest absolute Gasteiger partial charge is 0.264 e. The molecular weight excluding hydrogens is 416 g/mol. The van der Waals surface area contributed by atoms with E-state index in [9.17, 15) is 8.42 Å². The molecule has 0 aliphatic carbocycles. The van der Waals surface area contributed by atoms with E-state index in [4.69, 9.17) is 11.6 Å². The first-order valence-electron chi connectivity index (χ1n) is 9.47. The van der Waals surface area contributed by atoms with Crippen molar-refractivity contribution < 1.29 is 8.42 Å². The average Bonchev–Trinajstić information content (AvgIpc) is 2.72. The van der Waals surface area contributed by atoms with E-state index < -0.39 is 14.6 Å². The lowest BCUT2D eigenvalue weighted by atomic mass is 9.92. The molecule has 2 aromatic heterocycles. The Kier molecular flexibility index (Phi) is 5.12. The Labute approximate surface area is 181 Å². The average molecular weight is 437 g/mol. The minimum Gasteiger partial charge on any atom is -0.264 e. The Morgan fingerprint density at radius 1 is 0.900 bits per heavy atom. The van der Waals surface area contributed by atoms with Crippen molar-refractivity contribution in [3.8, 4) is 22.3 Å². The van der Waals surface area contributed by atoms with Crippen LogP contribution in [0.2, 0.25) is 5.02 Å². The third-order valence-electron chi connectivity index (χ3n) is 5.58. The predicted molar refractivity (Wildman–Crippen MR) is 123 cm³/mol. The van der Waals surface area contributed by atoms with Gasteiger partial charge in [-0.3, -0.25) is 9.97 Å². The molecular formula is C24H21ClN2O2S. The Hall–Kier alpha value is -2.76. The van der Waals surface area contributed by atoms with Crippen LogP contribution in [0, 0.1) is 0 Å². The molecule has 4 rings (SSSR count). The second-order valence-electron chi connectivity index (χ2n) is 7.82. The van der Waals surface area contributed by atoms with Gasteiger partial charge in [0.05, 0.1) is 15.3 Å². The molecule has 30 heavy (non-hydrogen) atoms. The van der Waals surface area contributed by atoms with E-state index in [2.05, 4.69) is 9.97 Å². The number of benzene rings is 2. The summed E-state index contributed by atoms with van der Waals surface area (Å²) in [5, 5.41) is 1.52. The van der Waals surface area contributed by atoms with Crippen molar-refractivity contribution in [2.75, 3.05) is 6.26 Å². The lowest BCUT2D eigenvalue weighted by Gasteiger charge is -2.24. The molecule has 4 aromatic rings. The molecule has 0 spiro atoms. The maximum Gasteiger partial charge on any atom is 0.156 e. The van der Waals surface area contributed by atoms with E-state index in [1.807, 2.05) is 48.5 Å². The molecule has 0 radical (unpaired) electrons. The number of hydrogen-bond donors (Lipinski definition) is 0. The smallest absolute Gasteiger partial charge is 0.156 e. The summed E-state index contributed by atoms with van der Waals surface area (Å²) in [4.78, 5) is 8.76. The van der Waals surface area contributed by atoms with Gasteiger partial charge in [-0.1, -0.05) is 35.9 Å². The summed E-state index contributed by atoms with van der Waals surface area (Å²) in [6.07, 6.45) is 6.41. The highest BCUT2D eigenvalue weighted by Gasteiger charge is 2.33. The van der Waals surface area contributed by atoms with Gasteiger partial charge in [0, 0.05) is 41.4 Å². The molecule has 0 amide bonds. The van der Waals surface area contributed by atoms with Gasteiger partial charge < -0.3 is 0 Å². The molecule has 4 nitrogen and oxygen atoms in total. The van der Waals surface area contributed by atoms with Gasteiger partial charge in [0.2, 0.25) is 0 Å². The van der Waals surface area contributed by atoms with Crippen molar-refractivity contribution in [3.05, 3.63) is 83.8 Å². The number of sulfone groups is 1. The number of pyridine rings is 2. The van der Waals surface area contributed by atoms with Gasteiger partial charge >= 0.3 is 0 Å². The van der Waals surface area contributed by atoms with Gasteiger partial charge in [0.15, 0.2) is 9.84 Å². The number of fused-ring (bicyclic) bond motifs is 1. The zero-order chi connectivity index (χ0) is 21.5.